The molecule has 0 atom stereocenters. The Morgan fingerprint density at radius 2 is 2.00 bits per heavy atom. The lowest BCUT2D eigenvalue weighted by Gasteiger charge is -2.21. The number of carbonyl (C=O) groups is 2. The summed E-state index contributed by atoms with van der Waals surface area (Å²) in [5.74, 6) is -1.28. The maximum absolute atomic E-state index is 13.3. The molecule has 7 heteroatoms. The minimum Gasteiger partial charge on any atom is -0.480 e. The number of aromatic nitrogens is 3. The van der Waals surface area contributed by atoms with Crippen LogP contribution in [0.5, 0.6) is 0 Å². The van der Waals surface area contributed by atoms with E-state index in [1.807, 2.05) is 37.3 Å². The molecular weight excluding hydrogens is 344 g/mol. The molecule has 4 rings (SSSR count). The number of benzene rings is 1. The highest BCUT2D eigenvalue weighted by atomic mass is 16.4. The zero-order chi connectivity index (χ0) is 19.0. The van der Waals surface area contributed by atoms with Crippen molar-refractivity contribution in [2.45, 2.75) is 32.4 Å². The van der Waals surface area contributed by atoms with Gasteiger partial charge in [0.2, 0.25) is 0 Å². The van der Waals surface area contributed by atoms with Gasteiger partial charge in [-0.2, -0.15) is 5.10 Å². The molecule has 0 aliphatic heterocycles. The van der Waals surface area contributed by atoms with Gasteiger partial charge in [0.15, 0.2) is 5.65 Å². The molecule has 1 fully saturated rings. The lowest BCUT2D eigenvalue weighted by Crippen LogP contribution is -2.37. The molecule has 27 heavy (non-hydrogen) atoms. The van der Waals surface area contributed by atoms with E-state index in [2.05, 4.69) is 5.10 Å². The van der Waals surface area contributed by atoms with Crippen molar-refractivity contribution >= 4 is 22.9 Å². The van der Waals surface area contributed by atoms with Crippen LogP contribution < -0.4 is 0 Å². The Labute approximate surface area is 156 Å². The van der Waals surface area contributed by atoms with Gasteiger partial charge in [-0.15, -0.1) is 0 Å². The van der Waals surface area contributed by atoms with E-state index in [4.69, 9.17) is 4.98 Å². The Hall–Kier alpha value is -3.22. The van der Waals surface area contributed by atoms with Crippen molar-refractivity contribution in [1.82, 2.24) is 19.7 Å². The normalized spacial score (nSPS) is 13.7. The quantitative estimate of drug-likeness (QED) is 0.727. The fourth-order valence-electron chi connectivity index (χ4n) is 3.27. The fraction of sp³-hybridized carbons (Fsp3) is 0.300. The van der Waals surface area contributed by atoms with Gasteiger partial charge < -0.3 is 10.0 Å². The predicted octanol–water partition coefficient (Wildman–Crippen LogP) is 2.81. The monoisotopic (exact) mass is 364 g/mol. The molecule has 0 spiro atoms. The Morgan fingerprint density at radius 3 is 2.63 bits per heavy atom. The van der Waals surface area contributed by atoms with E-state index in [0.29, 0.717) is 28.8 Å². The summed E-state index contributed by atoms with van der Waals surface area (Å²) in [6.45, 7) is 2.30. The summed E-state index contributed by atoms with van der Waals surface area (Å²) >= 11 is 0. The molecule has 0 bridgehead atoms. The number of rotatable bonds is 6. The first-order chi connectivity index (χ1) is 13.1. The number of amides is 1. The Bertz CT molecular complexity index is 1010. The Balaban J connectivity index is 1.86. The first-order valence-corrected chi connectivity index (χ1v) is 9.03. The second kappa shape index (κ2) is 6.83. The first-order valence-electron chi connectivity index (χ1n) is 9.03. The number of carbonyl (C=O) groups excluding carboxylic acids is 1. The van der Waals surface area contributed by atoms with Gasteiger partial charge in [-0.25, -0.2) is 9.67 Å². The number of hydrogen-bond acceptors (Lipinski definition) is 4. The molecule has 1 aliphatic rings. The van der Waals surface area contributed by atoms with Crippen molar-refractivity contribution < 1.29 is 14.7 Å². The molecule has 2 heterocycles. The Kier molecular flexibility index (Phi) is 4.35. The van der Waals surface area contributed by atoms with E-state index < -0.39 is 5.97 Å². The standard InChI is InChI=1S/C20H20N4O3/c1-2-24-19-16(11-21-24)15(10-17(22-19)13-6-4-3-5-7-13)20(27)23(12-18(25)26)14-8-9-14/h3-7,10-11,14H,2,8-9,12H2,1H3,(H,25,26). The number of hydrogen-bond donors (Lipinski definition) is 1. The zero-order valence-corrected chi connectivity index (χ0v) is 15.0. The molecule has 1 N–H and O–H groups in total. The summed E-state index contributed by atoms with van der Waals surface area (Å²) in [6, 6.07) is 11.4. The molecule has 2 aromatic heterocycles. The van der Waals surface area contributed by atoms with Crippen LogP contribution in [-0.2, 0) is 11.3 Å². The molecule has 0 saturated heterocycles. The van der Waals surface area contributed by atoms with Crippen molar-refractivity contribution in [2.24, 2.45) is 0 Å². The molecule has 138 valence electrons. The van der Waals surface area contributed by atoms with Gasteiger partial charge in [0.25, 0.3) is 5.91 Å². The maximum Gasteiger partial charge on any atom is 0.323 e. The average Bonchev–Trinajstić information content (AvgIpc) is 3.44. The predicted molar refractivity (Wildman–Crippen MR) is 100 cm³/mol. The van der Waals surface area contributed by atoms with E-state index >= 15 is 0 Å². The van der Waals surface area contributed by atoms with Crippen molar-refractivity contribution in [3.05, 3.63) is 48.2 Å². The SMILES string of the molecule is CCn1ncc2c(C(=O)N(CC(=O)O)C3CC3)cc(-c3ccccc3)nc21. The average molecular weight is 364 g/mol. The van der Waals surface area contributed by atoms with Crippen molar-refractivity contribution in [1.29, 1.82) is 0 Å². The fourth-order valence-corrected chi connectivity index (χ4v) is 3.27. The summed E-state index contributed by atoms with van der Waals surface area (Å²) < 4.78 is 1.75. The number of carboxylic acids is 1. The number of pyridine rings is 1. The number of fused-ring (bicyclic) bond motifs is 1. The molecule has 7 nitrogen and oxygen atoms in total. The van der Waals surface area contributed by atoms with E-state index in [1.54, 1.807) is 16.9 Å². The van der Waals surface area contributed by atoms with Gasteiger partial charge in [0, 0.05) is 18.2 Å². The van der Waals surface area contributed by atoms with Gasteiger partial charge in [0.05, 0.1) is 22.8 Å². The highest BCUT2D eigenvalue weighted by Gasteiger charge is 2.35. The Morgan fingerprint density at radius 1 is 1.26 bits per heavy atom. The van der Waals surface area contributed by atoms with Crippen molar-refractivity contribution in [3.8, 4) is 11.3 Å². The first kappa shape index (κ1) is 17.2. The topological polar surface area (TPSA) is 88.3 Å². The number of nitrogens with zero attached hydrogens (tertiary/aromatic N) is 4. The minimum absolute atomic E-state index is 0.00166. The third-order valence-corrected chi connectivity index (χ3v) is 4.76. The number of carboxylic acid groups (broad SMARTS) is 1. The summed E-state index contributed by atoms with van der Waals surface area (Å²) in [4.78, 5) is 30.7. The van der Waals surface area contributed by atoms with Crippen LogP contribution >= 0.6 is 0 Å². The third kappa shape index (κ3) is 3.28. The van der Waals surface area contributed by atoms with E-state index in [0.717, 1.165) is 18.4 Å². The van der Waals surface area contributed by atoms with E-state index in [1.165, 1.54) is 4.90 Å². The van der Waals surface area contributed by atoms with E-state index in [9.17, 15) is 14.7 Å². The van der Waals surface area contributed by atoms with Crippen LogP contribution in [0.25, 0.3) is 22.3 Å². The number of aryl methyl sites for hydroxylation is 1. The van der Waals surface area contributed by atoms with Crippen LogP contribution in [0.1, 0.15) is 30.1 Å². The zero-order valence-electron chi connectivity index (χ0n) is 15.0. The molecular formula is C20H20N4O3. The minimum atomic E-state index is -1.01. The molecule has 1 amide bonds. The van der Waals surface area contributed by atoms with Gasteiger partial charge in [-0.1, -0.05) is 30.3 Å². The smallest absolute Gasteiger partial charge is 0.323 e. The van der Waals surface area contributed by atoms with E-state index in [-0.39, 0.29) is 18.5 Å². The van der Waals surface area contributed by atoms with Crippen molar-refractivity contribution in [3.63, 3.8) is 0 Å². The van der Waals surface area contributed by atoms with Gasteiger partial charge in [0.1, 0.15) is 6.54 Å². The molecule has 1 saturated carbocycles. The second-order valence-electron chi connectivity index (χ2n) is 6.68. The maximum atomic E-state index is 13.3. The molecule has 3 aromatic rings. The number of aliphatic carboxylic acids is 1. The van der Waals surface area contributed by atoms with Gasteiger partial charge in [-0.05, 0) is 25.8 Å². The van der Waals surface area contributed by atoms with Crippen LogP contribution in [0.4, 0.5) is 0 Å². The van der Waals surface area contributed by atoms with Crippen molar-refractivity contribution in [2.75, 3.05) is 6.54 Å². The molecule has 1 aromatic carbocycles. The van der Waals surface area contributed by atoms with Crippen LogP contribution in [-0.4, -0.2) is 49.2 Å². The van der Waals surface area contributed by atoms with Crippen LogP contribution in [0.3, 0.4) is 0 Å². The van der Waals surface area contributed by atoms with Gasteiger partial charge >= 0.3 is 5.97 Å². The lowest BCUT2D eigenvalue weighted by atomic mass is 10.1. The summed E-state index contributed by atoms with van der Waals surface area (Å²) in [5.41, 5.74) is 2.65. The largest absolute Gasteiger partial charge is 0.480 e. The van der Waals surface area contributed by atoms with Crippen LogP contribution in [0.2, 0.25) is 0 Å². The third-order valence-electron chi connectivity index (χ3n) is 4.76. The van der Waals surface area contributed by atoms with Gasteiger partial charge in [-0.3, -0.25) is 9.59 Å². The molecule has 1 aliphatic carbocycles. The lowest BCUT2D eigenvalue weighted by molar-refractivity contribution is -0.137. The molecule has 0 radical (unpaired) electrons. The summed E-state index contributed by atoms with van der Waals surface area (Å²) in [6.07, 6.45) is 3.32. The molecule has 0 unspecified atom stereocenters. The van der Waals surface area contributed by atoms with Crippen LogP contribution in [0, 0.1) is 0 Å². The summed E-state index contributed by atoms with van der Waals surface area (Å²) in [5, 5.41) is 14.2. The summed E-state index contributed by atoms with van der Waals surface area (Å²) in [7, 11) is 0. The highest BCUT2D eigenvalue weighted by Crippen LogP contribution is 2.31. The second-order valence-corrected chi connectivity index (χ2v) is 6.68. The van der Waals surface area contributed by atoms with Crippen LogP contribution in [0.15, 0.2) is 42.6 Å². The highest BCUT2D eigenvalue weighted by molar-refractivity contribution is 6.07.